The van der Waals surface area contributed by atoms with Crippen LogP contribution in [-0.2, 0) is 21.2 Å². The molecule has 6 nitrogen and oxygen atoms in total. The fourth-order valence-electron chi connectivity index (χ4n) is 3.29. The molecule has 3 rings (SSSR count). The monoisotopic (exact) mass is 402 g/mol. The summed E-state index contributed by atoms with van der Waals surface area (Å²) >= 11 is 0. The van der Waals surface area contributed by atoms with Crippen LogP contribution in [0.4, 0.5) is 5.69 Å². The predicted molar refractivity (Wildman–Crippen MR) is 110 cm³/mol. The minimum atomic E-state index is -3.46. The zero-order valence-electron chi connectivity index (χ0n) is 16.4. The zero-order chi connectivity index (χ0) is 20.3. The van der Waals surface area contributed by atoms with Gasteiger partial charge in [-0.3, -0.25) is 9.10 Å². The summed E-state index contributed by atoms with van der Waals surface area (Å²) in [5, 5.41) is 2.98. The van der Waals surface area contributed by atoms with Crippen molar-refractivity contribution in [2.45, 2.75) is 38.8 Å². The third-order valence-electron chi connectivity index (χ3n) is 4.94. The second-order valence-corrected chi connectivity index (χ2v) is 8.93. The van der Waals surface area contributed by atoms with Crippen LogP contribution in [0, 0.1) is 0 Å². The Hall–Kier alpha value is -2.54. The van der Waals surface area contributed by atoms with Gasteiger partial charge in [0.25, 0.3) is 5.91 Å². The zero-order valence-corrected chi connectivity index (χ0v) is 17.2. The topological polar surface area (TPSA) is 75.7 Å². The molecule has 1 aliphatic heterocycles. The molecule has 0 bridgehead atoms. The Balaban J connectivity index is 1.76. The third kappa shape index (κ3) is 4.47. The first-order valence-corrected chi connectivity index (χ1v) is 11.3. The average Bonchev–Trinajstić information content (AvgIpc) is 2.87. The van der Waals surface area contributed by atoms with Crippen molar-refractivity contribution in [3.05, 3.63) is 59.7 Å². The van der Waals surface area contributed by atoms with Crippen molar-refractivity contribution in [1.82, 2.24) is 5.32 Å². The summed E-state index contributed by atoms with van der Waals surface area (Å²) in [7, 11) is -3.46. The minimum Gasteiger partial charge on any atom is -0.478 e. The summed E-state index contributed by atoms with van der Waals surface area (Å²) in [5.41, 5.74) is 2.72. The number of carbonyl (C=O) groups is 1. The fraction of sp³-hybridized carbons (Fsp3) is 0.381. The number of aryl methyl sites for hydroxylation is 1. The normalized spacial score (nSPS) is 17.8. The van der Waals surface area contributed by atoms with E-state index in [9.17, 15) is 13.2 Å². The fourth-order valence-corrected chi connectivity index (χ4v) is 4.24. The second kappa shape index (κ2) is 8.22. The molecule has 0 aliphatic carbocycles. The number of para-hydroxylation sites is 2. The molecule has 1 heterocycles. The standard InChI is InChI=1S/C21H26N2O4S/c1-4-16-9-11-17(12-10-16)15(2)22-21(24)20-13-14-23(28(3,25)26)18-7-5-6-8-19(18)27-20/h5-12,15,20H,4,13-14H2,1-3H3,(H,22,24)/t15-,20-/m0/s1. The molecule has 0 radical (unpaired) electrons. The molecule has 28 heavy (non-hydrogen) atoms. The Morgan fingerprint density at radius 1 is 1.21 bits per heavy atom. The highest BCUT2D eigenvalue weighted by molar-refractivity contribution is 7.92. The second-order valence-electron chi connectivity index (χ2n) is 7.02. The van der Waals surface area contributed by atoms with Crippen LogP contribution in [0.5, 0.6) is 5.75 Å². The van der Waals surface area contributed by atoms with Gasteiger partial charge >= 0.3 is 0 Å². The maximum absolute atomic E-state index is 12.8. The molecule has 0 fully saturated rings. The van der Waals surface area contributed by atoms with E-state index >= 15 is 0 Å². The summed E-state index contributed by atoms with van der Waals surface area (Å²) in [6, 6.07) is 14.9. The SMILES string of the molecule is CCc1ccc([C@H](C)NC(=O)[C@@H]2CCN(S(C)(=O)=O)c3ccccc3O2)cc1. The van der Waals surface area contributed by atoms with Crippen LogP contribution in [0.1, 0.15) is 37.4 Å². The van der Waals surface area contributed by atoms with Crippen molar-refractivity contribution in [2.75, 3.05) is 17.1 Å². The largest absolute Gasteiger partial charge is 0.478 e. The highest BCUT2D eigenvalue weighted by Gasteiger charge is 2.31. The summed E-state index contributed by atoms with van der Waals surface area (Å²) in [5.74, 6) is 0.141. The minimum absolute atomic E-state index is 0.175. The first-order valence-electron chi connectivity index (χ1n) is 9.42. The highest BCUT2D eigenvalue weighted by Crippen LogP contribution is 2.34. The van der Waals surface area contributed by atoms with Crippen LogP contribution < -0.4 is 14.4 Å². The van der Waals surface area contributed by atoms with Crippen molar-refractivity contribution in [3.63, 3.8) is 0 Å². The van der Waals surface area contributed by atoms with Crippen LogP contribution in [-0.4, -0.2) is 33.2 Å². The van der Waals surface area contributed by atoms with Gasteiger partial charge in [0.15, 0.2) is 6.10 Å². The lowest BCUT2D eigenvalue weighted by Gasteiger charge is -2.20. The van der Waals surface area contributed by atoms with Gasteiger partial charge in [-0.25, -0.2) is 8.42 Å². The number of ether oxygens (including phenoxy) is 1. The van der Waals surface area contributed by atoms with Crippen LogP contribution >= 0.6 is 0 Å². The van der Waals surface area contributed by atoms with Gasteiger partial charge in [0.05, 0.1) is 18.0 Å². The van der Waals surface area contributed by atoms with Gasteiger partial charge in [0, 0.05) is 13.0 Å². The van der Waals surface area contributed by atoms with Crippen LogP contribution in [0.2, 0.25) is 0 Å². The van der Waals surface area contributed by atoms with E-state index in [0.717, 1.165) is 18.2 Å². The Bertz CT molecular complexity index is 941. The first-order chi connectivity index (χ1) is 13.3. The number of nitrogens with zero attached hydrogens (tertiary/aromatic N) is 1. The quantitative estimate of drug-likeness (QED) is 0.834. The number of rotatable bonds is 5. The number of amides is 1. The molecule has 2 aromatic carbocycles. The number of nitrogens with one attached hydrogen (secondary N) is 1. The maximum atomic E-state index is 12.8. The van der Waals surface area contributed by atoms with Crippen LogP contribution in [0.15, 0.2) is 48.5 Å². The van der Waals surface area contributed by atoms with Crippen molar-refractivity contribution >= 4 is 21.6 Å². The van der Waals surface area contributed by atoms with Gasteiger partial charge in [0.2, 0.25) is 10.0 Å². The van der Waals surface area contributed by atoms with Gasteiger partial charge in [-0.1, -0.05) is 43.3 Å². The van der Waals surface area contributed by atoms with Gasteiger partial charge in [-0.05, 0) is 36.6 Å². The highest BCUT2D eigenvalue weighted by atomic mass is 32.2. The number of benzene rings is 2. The predicted octanol–water partition coefficient (Wildman–Crippen LogP) is 3.04. The smallest absolute Gasteiger partial charge is 0.261 e. The Morgan fingerprint density at radius 2 is 1.89 bits per heavy atom. The lowest BCUT2D eigenvalue weighted by atomic mass is 10.0. The Labute approximate surface area is 166 Å². The summed E-state index contributed by atoms with van der Waals surface area (Å²) < 4.78 is 31.5. The van der Waals surface area contributed by atoms with Gasteiger partial charge in [0.1, 0.15) is 5.75 Å². The lowest BCUT2D eigenvalue weighted by molar-refractivity contribution is -0.128. The molecule has 1 amide bonds. The molecule has 0 aromatic heterocycles. The maximum Gasteiger partial charge on any atom is 0.261 e. The molecule has 1 N–H and O–H groups in total. The van der Waals surface area contributed by atoms with E-state index in [1.54, 1.807) is 24.3 Å². The molecule has 150 valence electrons. The van der Waals surface area contributed by atoms with Crippen molar-refractivity contribution < 1.29 is 17.9 Å². The molecular formula is C21H26N2O4S. The molecule has 0 unspecified atom stereocenters. The molecule has 1 aliphatic rings. The molecule has 0 saturated heterocycles. The van der Waals surface area contributed by atoms with Gasteiger partial charge in [-0.15, -0.1) is 0 Å². The van der Waals surface area contributed by atoms with Crippen LogP contribution in [0.3, 0.4) is 0 Å². The molecule has 0 spiro atoms. The average molecular weight is 403 g/mol. The van der Waals surface area contributed by atoms with Crippen molar-refractivity contribution in [3.8, 4) is 5.75 Å². The molecule has 2 atom stereocenters. The van der Waals surface area contributed by atoms with Crippen molar-refractivity contribution in [1.29, 1.82) is 0 Å². The van der Waals surface area contributed by atoms with Crippen LogP contribution in [0.25, 0.3) is 0 Å². The van der Waals surface area contributed by atoms with Crippen molar-refractivity contribution in [2.24, 2.45) is 0 Å². The van der Waals surface area contributed by atoms with E-state index in [0.29, 0.717) is 11.4 Å². The number of carbonyl (C=O) groups excluding carboxylic acids is 1. The Morgan fingerprint density at radius 3 is 2.54 bits per heavy atom. The number of sulfonamides is 1. The van der Waals surface area contributed by atoms with E-state index in [1.807, 2.05) is 19.1 Å². The van der Waals surface area contributed by atoms with E-state index in [1.165, 1.54) is 9.87 Å². The third-order valence-corrected chi connectivity index (χ3v) is 6.12. The van der Waals surface area contributed by atoms with Gasteiger partial charge in [-0.2, -0.15) is 0 Å². The molecular weight excluding hydrogens is 376 g/mol. The van der Waals surface area contributed by atoms with Gasteiger partial charge < -0.3 is 10.1 Å². The number of hydrogen-bond acceptors (Lipinski definition) is 4. The Kier molecular flexibility index (Phi) is 5.93. The van der Waals surface area contributed by atoms with E-state index in [2.05, 4.69) is 24.4 Å². The lowest BCUT2D eigenvalue weighted by Crippen LogP contribution is -2.40. The number of anilines is 1. The summed E-state index contributed by atoms with van der Waals surface area (Å²) in [6.45, 7) is 4.21. The molecule has 0 saturated carbocycles. The van der Waals surface area contributed by atoms with E-state index in [-0.39, 0.29) is 24.9 Å². The molecule has 7 heteroatoms. The first kappa shape index (κ1) is 20.2. The van der Waals surface area contributed by atoms with E-state index < -0.39 is 16.1 Å². The summed E-state index contributed by atoms with van der Waals surface area (Å²) in [6.07, 6.45) is 1.64. The van der Waals surface area contributed by atoms with E-state index in [4.69, 9.17) is 4.74 Å². The number of fused-ring (bicyclic) bond motifs is 1. The molecule has 2 aromatic rings. The number of hydrogen-bond donors (Lipinski definition) is 1. The summed E-state index contributed by atoms with van der Waals surface area (Å²) in [4.78, 5) is 12.8.